The molecule has 2 heterocycles. The molecule has 0 aromatic heterocycles. The summed E-state index contributed by atoms with van der Waals surface area (Å²) >= 11 is 0. The molecule has 0 radical (unpaired) electrons. The molecule has 33 heavy (non-hydrogen) atoms. The van der Waals surface area contributed by atoms with Crippen molar-refractivity contribution >= 4 is 23.1 Å². The van der Waals surface area contributed by atoms with Gasteiger partial charge in [0.25, 0.3) is 11.8 Å². The maximum Gasteiger partial charge on any atom is 0.277 e. The van der Waals surface area contributed by atoms with Gasteiger partial charge in [0.15, 0.2) is 0 Å². The van der Waals surface area contributed by atoms with E-state index >= 15 is 0 Å². The zero-order chi connectivity index (χ0) is 23.5. The summed E-state index contributed by atoms with van der Waals surface area (Å²) in [5.41, 5.74) is 5.64. The number of benzene rings is 2. The number of rotatable bonds is 7. The molecular formula is C27H33N3O3. The molecule has 0 aliphatic carbocycles. The lowest BCUT2D eigenvalue weighted by molar-refractivity contribution is -0.137. The summed E-state index contributed by atoms with van der Waals surface area (Å²) in [6, 6.07) is 13.9. The minimum absolute atomic E-state index is 0.175. The van der Waals surface area contributed by atoms with Crippen LogP contribution in [0.1, 0.15) is 37.0 Å². The van der Waals surface area contributed by atoms with Crippen LogP contribution in [-0.4, -0.2) is 60.9 Å². The van der Waals surface area contributed by atoms with Crippen molar-refractivity contribution in [2.45, 2.75) is 34.1 Å². The predicted molar refractivity (Wildman–Crippen MR) is 131 cm³/mol. The minimum atomic E-state index is -0.196. The zero-order valence-corrected chi connectivity index (χ0v) is 20.1. The first kappa shape index (κ1) is 22.9. The molecule has 0 saturated carbocycles. The number of piperazine rings is 1. The number of hydrogen-bond donors (Lipinski definition) is 0. The van der Waals surface area contributed by atoms with Crippen LogP contribution in [0.4, 0.5) is 5.69 Å². The Hall–Kier alpha value is -3.28. The molecule has 2 aliphatic heterocycles. The van der Waals surface area contributed by atoms with Crippen LogP contribution in [0.15, 0.2) is 48.2 Å². The number of nitrogens with zero attached hydrogens (tertiary/aromatic N) is 3. The fraction of sp³-hybridized carbons (Fsp3) is 0.407. The lowest BCUT2D eigenvalue weighted by Gasteiger charge is -2.38. The summed E-state index contributed by atoms with van der Waals surface area (Å²) in [5, 5.41) is 0. The van der Waals surface area contributed by atoms with Gasteiger partial charge in [-0.3, -0.25) is 14.5 Å². The average Bonchev–Trinajstić information content (AvgIpc) is 3.07. The van der Waals surface area contributed by atoms with Gasteiger partial charge in [-0.15, -0.1) is 0 Å². The summed E-state index contributed by atoms with van der Waals surface area (Å²) in [6.07, 6.45) is 0.738. The van der Waals surface area contributed by atoms with Crippen LogP contribution >= 0.6 is 0 Å². The molecule has 2 amide bonds. The van der Waals surface area contributed by atoms with Gasteiger partial charge in [0, 0.05) is 38.4 Å². The third kappa shape index (κ3) is 4.34. The maximum atomic E-state index is 13.4. The Bertz CT molecular complexity index is 1070. The van der Waals surface area contributed by atoms with Gasteiger partial charge in [0.1, 0.15) is 11.4 Å². The summed E-state index contributed by atoms with van der Waals surface area (Å²) < 4.78 is 5.55. The van der Waals surface area contributed by atoms with E-state index in [9.17, 15) is 9.59 Å². The molecule has 0 bridgehead atoms. The molecule has 2 aromatic rings. The molecule has 0 atom stereocenters. The van der Waals surface area contributed by atoms with Crippen molar-refractivity contribution in [2.24, 2.45) is 0 Å². The van der Waals surface area contributed by atoms with Crippen molar-refractivity contribution in [1.82, 2.24) is 9.80 Å². The first-order valence-electron chi connectivity index (χ1n) is 11.9. The number of ether oxygens (including phenoxy) is 1. The molecule has 6 nitrogen and oxygen atoms in total. The second-order valence-corrected chi connectivity index (χ2v) is 8.64. The second kappa shape index (κ2) is 9.69. The number of amides is 2. The Balaban J connectivity index is 1.63. The molecule has 2 aromatic carbocycles. The molecule has 6 heteroatoms. The molecule has 4 rings (SSSR count). The van der Waals surface area contributed by atoms with Crippen LogP contribution in [0.3, 0.4) is 0 Å². The first-order valence-corrected chi connectivity index (χ1v) is 11.9. The summed E-state index contributed by atoms with van der Waals surface area (Å²) in [7, 11) is 0. The first-order chi connectivity index (χ1) is 16.0. The minimum Gasteiger partial charge on any atom is -0.494 e. The number of aryl methyl sites for hydroxylation is 1. The topological polar surface area (TPSA) is 53.1 Å². The van der Waals surface area contributed by atoms with Crippen LogP contribution in [0.5, 0.6) is 5.75 Å². The van der Waals surface area contributed by atoms with Crippen LogP contribution in [0.2, 0.25) is 0 Å². The second-order valence-electron chi connectivity index (χ2n) is 8.64. The van der Waals surface area contributed by atoms with Gasteiger partial charge in [0.2, 0.25) is 0 Å². The Morgan fingerprint density at radius 2 is 1.52 bits per heavy atom. The summed E-state index contributed by atoms with van der Waals surface area (Å²) in [5.74, 6) is 0.386. The molecule has 0 N–H and O–H groups in total. The molecular weight excluding hydrogens is 414 g/mol. The van der Waals surface area contributed by atoms with E-state index in [2.05, 4.69) is 41.8 Å². The number of hydrogen-bond acceptors (Lipinski definition) is 5. The average molecular weight is 448 g/mol. The van der Waals surface area contributed by atoms with E-state index in [-0.39, 0.29) is 11.8 Å². The quantitative estimate of drug-likeness (QED) is 0.600. The van der Waals surface area contributed by atoms with Gasteiger partial charge in [-0.1, -0.05) is 31.2 Å². The lowest BCUT2D eigenvalue weighted by atomic mass is 10.0. The highest BCUT2D eigenvalue weighted by Crippen LogP contribution is 2.34. The highest BCUT2D eigenvalue weighted by atomic mass is 16.5. The van der Waals surface area contributed by atoms with Crippen LogP contribution in [0, 0.1) is 13.8 Å². The zero-order valence-electron chi connectivity index (χ0n) is 20.1. The molecule has 0 unspecified atom stereocenters. The van der Waals surface area contributed by atoms with E-state index in [0.717, 1.165) is 30.8 Å². The SMILES string of the molecule is CCCN1C(=O)C(c2ccc(OCC)cc2)=C(N2CCN(c3cccc(C)c3C)CC2)C1=O. The van der Waals surface area contributed by atoms with Crippen LogP contribution in [-0.2, 0) is 9.59 Å². The summed E-state index contributed by atoms with van der Waals surface area (Å²) in [4.78, 5) is 32.6. The van der Waals surface area contributed by atoms with Crippen molar-refractivity contribution in [1.29, 1.82) is 0 Å². The monoisotopic (exact) mass is 447 g/mol. The highest BCUT2D eigenvalue weighted by Gasteiger charge is 2.41. The third-order valence-corrected chi connectivity index (χ3v) is 6.56. The largest absolute Gasteiger partial charge is 0.494 e. The Morgan fingerprint density at radius 3 is 2.15 bits per heavy atom. The van der Waals surface area contributed by atoms with Gasteiger partial charge in [-0.25, -0.2) is 0 Å². The summed E-state index contributed by atoms with van der Waals surface area (Å²) in [6.45, 7) is 12.2. The van der Waals surface area contributed by atoms with Crippen molar-refractivity contribution in [3.63, 3.8) is 0 Å². The third-order valence-electron chi connectivity index (χ3n) is 6.56. The fourth-order valence-electron chi connectivity index (χ4n) is 4.68. The van der Waals surface area contributed by atoms with Gasteiger partial charge >= 0.3 is 0 Å². The van der Waals surface area contributed by atoms with Crippen LogP contribution in [0.25, 0.3) is 5.57 Å². The molecule has 1 saturated heterocycles. The van der Waals surface area contributed by atoms with E-state index in [1.807, 2.05) is 38.1 Å². The Labute approximate surface area is 196 Å². The van der Waals surface area contributed by atoms with Gasteiger partial charge < -0.3 is 14.5 Å². The Kier molecular flexibility index (Phi) is 6.72. The molecule has 1 fully saturated rings. The Morgan fingerprint density at radius 1 is 0.848 bits per heavy atom. The lowest BCUT2D eigenvalue weighted by Crippen LogP contribution is -2.48. The van der Waals surface area contributed by atoms with Gasteiger partial charge in [-0.2, -0.15) is 0 Å². The number of carbonyl (C=O) groups is 2. The molecule has 2 aliphatic rings. The normalized spacial score (nSPS) is 16.8. The number of anilines is 1. The van der Waals surface area contributed by atoms with E-state index in [1.54, 1.807) is 0 Å². The molecule has 174 valence electrons. The van der Waals surface area contributed by atoms with E-state index in [0.29, 0.717) is 37.5 Å². The van der Waals surface area contributed by atoms with Crippen molar-refractivity contribution in [2.75, 3.05) is 44.2 Å². The van der Waals surface area contributed by atoms with Crippen molar-refractivity contribution < 1.29 is 14.3 Å². The maximum absolute atomic E-state index is 13.4. The predicted octanol–water partition coefficient (Wildman–Crippen LogP) is 4.01. The number of imide groups is 1. The number of carbonyl (C=O) groups excluding carboxylic acids is 2. The van der Waals surface area contributed by atoms with Crippen molar-refractivity contribution in [3.8, 4) is 5.75 Å². The standard InChI is InChI=1S/C27H33N3O3/c1-5-14-30-26(31)24(21-10-12-22(13-11-21)33-6-2)25(27(30)32)29-17-15-28(16-18-29)23-9-7-8-19(3)20(23)4/h7-13H,5-6,14-18H2,1-4H3. The molecule has 0 spiro atoms. The van der Waals surface area contributed by atoms with Gasteiger partial charge in [-0.05, 0) is 62.1 Å². The van der Waals surface area contributed by atoms with Crippen LogP contribution < -0.4 is 9.64 Å². The van der Waals surface area contributed by atoms with E-state index in [4.69, 9.17) is 4.74 Å². The highest BCUT2D eigenvalue weighted by molar-refractivity contribution is 6.35. The fourth-order valence-corrected chi connectivity index (χ4v) is 4.68. The van der Waals surface area contributed by atoms with E-state index < -0.39 is 0 Å². The van der Waals surface area contributed by atoms with E-state index in [1.165, 1.54) is 21.7 Å². The van der Waals surface area contributed by atoms with Gasteiger partial charge in [0.05, 0.1) is 12.2 Å². The van der Waals surface area contributed by atoms with Crippen molar-refractivity contribution in [3.05, 3.63) is 64.9 Å². The smallest absolute Gasteiger partial charge is 0.277 e.